The molecule has 142 valence electrons. The third-order valence-electron chi connectivity index (χ3n) is 4.28. The van der Waals surface area contributed by atoms with Gasteiger partial charge in [0.2, 0.25) is 17.4 Å². The Bertz CT molecular complexity index is 924. The highest BCUT2D eigenvalue weighted by atomic mass is 16.5. The molecule has 0 bridgehead atoms. The Labute approximate surface area is 153 Å². The van der Waals surface area contributed by atoms with E-state index in [-0.39, 0.29) is 17.1 Å². The zero-order chi connectivity index (χ0) is 19.8. The van der Waals surface area contributed by atoms with Crippen LogP contribution in [0.15, 0.2) is 36.4 Å². The Morgan fingerprint density at radius 1 is 1.15 bits per heavy atom. The van der Waals surface area contributed by atoms with E-state index in [1.807, 2.05) is 0 Å². The van der Waals surface area contributed by atoms with E-state index < -0.39 is 35.2 Å². The van der Waals surface area contributed by atoms with Crippen molar-refractivity contribution >= 4 is 11.7 Å². The van der Waals surface area contributed by atoms with Gasteiger partial charge in [-0.05, 0) is 17.7 Å². The molecule has 0 spiro atoms. The minimum Gasteiger partial charge on any atom is -0.504 e. The van der Waals surface area contributed by atoms with Gasteiger partial charge in [-0.15, -0.1) is 0 Å². The van der Waals surface area contributed by atoms with Gasteiger partial charge in [-0.2, -0.15) is 0 Å². The number of ether oxygens (including phenoxy) is 1. The molecule has 1 aliphatic heterocycles. The zero-order valence-electron chi connectivity index (χ0n) is 14.0. The van der Waals surface area contributed by atoms with Crippen LogP contribution in [-0.4, -0.2) is 31.5 Å². The van der Waals surface area contributed by atoms with Gasteiger partial charge in [0.15, 0.2) is 11.5 Å². The molecule has 9 heteroatoms. The van der Waals surface area contributed by atoms with Gasteiger partial charge in [-0.25, -0.2) is 5.48 Å². The number of hydrogen-bond acceptors (Lipinski definition) is 8. The van der Waals surface area contributed by atoms with E-state index in [2.05, 4.69) is 0 Å². The summed E-state index contributed by atoms with van der Waals surface area (Å²) < 4.78 is 5.62. The maximum Gasteiger partial charge on any atom is 0.246 e. The summed E-state index contributed by atoms with van der Waals surface area (Å²) in [5, 5.41) is 49.5. The van der Waals surface area contributed by atoms with Crippen LogP contribution in [0.1, 0.15) is 23.1 Å². The van der Waals surface area contributed by atoms with Crippen molar-refractivity contribution < 1.29 is 35.2 Å². The Kier molecular flexibility index (Phi) is 4.66. The van der Waals surface area contributed by atoms with E-state index in [1.54, 1.807) is 24.3 Å². The first-order valence-corrected chi connectivity index (χ1v) is 7.93. The van der Waals surface area contributed by atoms with Crippen LogP contribution in [0.2, 0.25) is 0 Å². The summed E-state index contributed by atoms with van der Waals surface area (Å²) >= 11 is 0. The summed E-state index contributed by atoms with van der Waals surface area (Å²) in [5.74, 6) is -3.47. The predicted molar refractivity (Wildman–Crippen MR) is 92.8 cm³/mol. The van der Waals surface area contributed by atoms with Crippen LogP contribution in [0.4, 0.5) is 0 Å². The molecule has 0 fully saturated rings. The van der Waals surface area contributed by atoms with Gasteiger partial charge < -0.3 is 30.9 Å². The minimum absolute atomic E-state index is 0.0969. The second-order valence-corrected chi connectivity index (χ2v) is 6.12. The molecule has 0 aromatic heterocycles. The van der Waals surface area contributed by atoms with Gasteiger partial charge in [-0.1, -0.05) is 24.3 Å². The minimum atomic E-state index is -2.04. The number of phenolic OH excluding ortho intramolecular Hbond substituents is 3. The summed E-state index contributed by atoms with van der Waals surface area (Å²) in [6.45, 7) is 0.331. The van der Waals surface area contributed by atoms with Crippen LogP contribution in [-0.2, 0) is 16.9 Å². The highest BCUT2D eigenvalue weighted by Gasteiger charge is 2.40. The highest BCUT2D eigenvalue weighted by molar-refractivity contribution is 5.80. The molecule has 0 saturated carbocycles. The normalized spacial score (nSPS) is 18.3. The fraction of sp³-hybridized carbons (Fsp3) is 0.167. The Hall–Kier alpha value is -3.27. The topological polar surface area (TPSA) is 165 Å². The second kappa shape index (κ2) is 6.80. The third-order valence-corrected chi connectivity index (χ3v) is 4.28. The molecule has 1 atom stereocenters. The SMILES string of the molecule is NCc1ccc(C2=CC(O)(CC(=O)NO)c3cc(O)c(O)c(O)c3O2)cc1. The van der Waals surface area contributed by atoms with Crippen LogP contribution in [0.5, 0.6) is 23.0 Å². The lowest BCUT2D eigenvalue weighted by molar-refractivity contribution is -0.133. The van der Waals surface area contributed by atoms with Crippen molar-refractivity contribution in [2.75, 3.05) is 0 Å². The number of hydrogen-bond donors (Lipinski definition) is 7. The number of nitrogens with two attached hydrogens (primary N) is 1. The molecule has 1 aliphatic rings. The number of carbonyl (C=O) groups is 1. The summed E-state index contributed by atoms with van der Waals surface area (Å²) in [6, 6.07) is 7.79. The first-order valence-electron chi connectivity index (χ1n) is 7.93. The van der Waals surface area contributed by atoms with E-state index in [4.69, 9.17) is 15.7 Å². The molecular weight excluding hydrogens is 356 g/mol. The van der Waals surface area contributed by atoms with Gasteiger partial charge in [0.05, 0.1) is 6.42 Å². The van der Waals surface area contributed by atoms with E-state index in [9.17, 15) is 25.2 Å². The highest BCUT2D eigenvalue weighted by Crippen LogP contribution is 2.52. The van der Waals surface area contributed by atoms with Crippen molar-refractivity contribution in [1.29, 1.82) is 0 Å². The molecule has 2 aromatic carbocycles. The number of benzene rings is 2. The number of rotatable bonds is 4. The number of amides is 1. The van der Waals surface area contributed by atoms with Gasteiger partial charge in [-0.3, -0.25) is 10.0 Å². The number of nitrogens with one attached hydrogen (secondary N) is 1. The molecule has 27 heavy (non-hydrogen) atoms. The Balaban J connectivity index is 2.16. The van der Waals surface area contributed by atoms with Gasteiger partial charge in [0.1, 0.15) is 11.4 Å². The lowest BCUT2D eigenvalue weighted by Gasteiger charge is -2.32. The summed E-state index contributed by atoms with van der Waals surface area (Å²) in [7, 11) is 0. The van der Waals surface area contributed by atoms with Gasteiger partial charge in [0, 0.05) is 17.7 Å². The molecule has 1 amide bonds. The average molecular weight is 374 g/mol. The van der Waals surface area contributed by atoms with Crippen LogP contribution >= 0.6 is 0 Å². The van der Waals surface area contributed by atoms with E-state index >= 15 is 0 Å². The van der Waals surface area contributed by atoms with E-state index in [0.29, 0.717) is 12.1 Å². The third kappa shape index (κ3) is 3.26. The number of fused-ring (bicyclic) bond motifs is 1. The predicted octanol–water partition coefficient (Wildman–Crippen LogP) is 0.779. The number of carbonyl (C=O) groups excluding carboxylic acids is 1. The van der Waals surface area contributed by atoms with Crippen molar-refractivity contribution in [2.24, 2.45) is 5.73 Å². The van der Waals surface area contributed by atoms with E-state index in [0.717, 1.165) is 11.6 Å². The number of aromatic hydroxyl groups is 3. The smallest absolute Gasteiger partial charge is 0.246 e. The molecule has 1 heterocycles. The van der Waals surface area contributed by atoms with Crippen LogP contribution in [0.3, 0.4) is 0 Å². The standard InChI is InChI=1S/C18H18N2O7/c19-8-9-1-3-10(4-2-9)13-6-18(25,7-14(22)20-26)11-5-12(21)15(23)16(24)17(11)27-13/h1-6,21,23-26H,7-8,19H2,(H,20,22). The van der Waals surface area contributed by atoms with Crippen LogP contribution in [0, 0.1) is 0 Å². The first kappa shape index (κ1) is 18.5. The molecule has 2 aromatic rings. The molecular formula is C18H18N2O7. The molecule has 3 rings (SSSR count). The number of aliphatic hydroxyl groups is 1. The monoisotopic (exact) mass is 374 g/mol. The van der Waals surface area contributed by atoms with Crippen molar-refractivity contribution in [2.45, 2.75) is 18.6 Å². The molecule has 0 saturated heterocycles. The first-order chi connectivity index (χ1) is 12.8. The molecule has 1 unspecified atom stereocenters. The fourth-order valence-electron chi connectivity index (χ4n) is 2.86. The zero-order valence-corrected chi connectivity index (χ0v) is 14.0. The van der Waals surface area contributed by atoms with Crippen LogP contribution in [0.25, 0.3) is 5.76 Å². The van der Waals surface area contributed by atoms with Crippen molar-refractivity contribution in [3.05, 3.63) is 53.1 Å². The quantitative estimate of drug-likeness (QED) is 0.234. The lowest BCUT2D eigenvalue weighted by Crippen LogP contribution is -2.34. The summed E-state index contributed by atoms with van der Waals surface area (Å²) in [4.78, 5) is 11.7. The average Bonchev–Trinajstić information content (AvgIpc) is 2.67. The van der Waals surface area contributed by atoms with Gasteiger partial charge >= 0.3 is 0 Å². The van der Waals surface area contributed by atoms with Crippen molar-refractivity contribution in [1.82, 2.24) is 5.48 Å². The summed E-state index contributed by atoms with van der Waals surface area (Å²) in [6.07, 6.45) is 0.589. The lowest BCUT2D eigenvalue weighted by atomic mass is 9.85. The maximum absolute atomic E-state index is 11.7. The second-order valence-electron chi connectivity index (χ2n) is 6.12. The Morgan fingerprint density at radius 2 is 1.81 bits per heavy atom. The fourth-order valence-corrected chi connectivity index (χ4v) is 2.86. The van der Waals surface area contributed by atoms with E-state index in [1.165, 1.54) is 11.6 Å². The van der Waals surface area contributed by atoms with Crippen molar-refractivity contribution in [3.8, 4) is 23.0 Å². The largest absolute Gasteiger partial charge is 0.504 e. The molecule has 0 aliphatic carbocycles. The van der Waals surface area contributed by atoms with Crippen LogP contribution < -0.4 is 16.0 Å². The van der Waals surface area contributed by atoms with Crippen molar-refractivity contribution in [3.63, 3.8) is 0 Å². The molecule has 9 nitrogen and oxygen atoms in total. The Morgan fingerprint density at radius 3 is 2.41 bits per heavy atom. The maximum atomic E-state index is 11.7. The number of hydroxylamine groups is 1. The molecule has 8 N–H and O–H groups in total. The summed E-state index contributed by atoms with van der Waals surface area (Å²) in [5.41, 5.74) is 6.16. The number of phenols is 3. The molecule has 0 radical (unpaired) electrons. The van der Waals surface area contributed by atoms with Gasteiger partial charge in [0.25, 0.3) is 0 Å².